The molecular formula is C12H23N3O3. The Balaban J connectivity index is 2.16. The van der Waals surface area contributed by atoms with E-state index in [9.17, 15) is 0 Å². The van der Waals surface area contributed by atoms with Gasteiger partial charge in [0.15, 0.2) is 5.76 Å². The second kappa shape index (κ2) is 9.04. The molecule has 0 bridgehead atoms. The predicted octanol–water partition coefficient (Wildman–Crippen LogP) is 0.489. The smallest absolute Gasteiger partial charge is 0.162 e. The highest BCUT2D eigenvalue weighted by Gasteiger charge is 2.06. The lowest BCUT2D eigenvalue weighted by Crippen LogP contribution is -2.30. The highest BCUT2D eigenvalue weighted by molar-refractivity contribution is 5.04. The van der Waals surface area contributed by atoms with E-state index in [1.807, 2.05) is 6.07 Å². The number of methoxy groups -OCH3 is 2. The summed E-state index contributed by atoms with van der Waals surface area (Å²) in [6, 6.07) is 1.93. The fourth-order valence-electron chi connectivity index (χ4n) is 1.57. The average Bonchev–Trinajstić information content (AvgIpc) is 2.77. The van der Waals surface area contributed by atoms with E-state index in [1.165, 1.54) is 0 Å². The van der Waals surface area contributed by atoms with E-state index in [0.717, 1.165) is 44.2 Å². The van der Waals surface area contributed by atoms with Crippen LogP contribution in [0.1, 0.15) is 11.5 Å². The van der Waals surface area contributed by atoms with Crippen LogP contribution in [0.25, 0.3) is 0 Å². The number of nitrogens with zero attached hydrogens (tertiary/aromatic N) is 2. The third-order valence-electron chi connectivity index (χ3n) is 2.48. The second-order valence-corrected chi connectivity index (χ2v) is 4.20. The first-order valence-corrected chi connectivity index (χ1v) is 6.08. The number of likely N-dealkylation sites (N-methyl/N-ethyl adjacent to an activating group) is 1. The van der Waals surface area contributed by atoms with Gasteiger partial charge in [-0.2, -0.15) is 0 Å². The molecule has 1 aromatic heterocycles. The third kappa shape index (κ3) is 6.11. The Bertz CT molecular complexity index is 317. The van der Waals surface area contributed by atoms with E-state index in [2.05, 4.69) is 22.4 Å². The maximum atomic E-state index is 5.13. The van der Waals surface area contributed by atoms with Gasteiger partial charge in [-0.25, -0.2) is 0 Å². The fraction of sp³-hybridized carbons (Fsp3) is 0.750. The Hall–Kier alpha value is -0.950. The van der Waals surface area contributed by atoms with Gasteiger partial charge in [-0.05, 0) is 7.05 Å². The first-order chi connectivity index (χ1) is 8.76. The van der Waals surface area contributed by atoms with E-state index in [1.54, 1.807) is 14.2 Å². The van der Waals surface area contributed by atoms with E-state index in [-0.39, 0.29) is 0 Å². The lowest BCUT2D eigenvalue weighted by atomic mass is 10.3. The van der Waals surface area contributed by atoms with Crippen molar-refractivity contribution in [2.45, 2.75) is 13.2 Å². The van der Waals surface area contributed by atoms with Crippen molar-refractivity contribution in [1.82, 2.24) is 15.4 Å². The summed E-state index contributed by atoms with van der Waals surface area (Å²) in [6.45, 7) is 4.76. The summed E-state index contributed by atoms with van der Waals surface area (Å²) in [6.07, 6.45) is 0. The standard InChI is InChI=1S/C12H23N3O3/c1-15(6-4-13-5-7-16-2)9-11-8-12(10-17-3)18-14-11/h8,13H,4-7,9-10H2,1-3H3. The van der Waals surface area contributed by atoms with Crippen LogP contribution in [0.5, 0.6) is 0 Å². The lowest BCUT2D eigenvalue weighted by Gasteiger charge is -2.14. The van der Waals surface area contributed by atoms with Gasteiger partial charge in [0.2, 0.25) is 0 Å². The molecule has 1 rings (SSSR count). The van der Waals surface area contributed by atoms with E-state index in [4.69, 9.17) is 14.0 Å². The van der Waals surface area contributed by atoms with Crippen molar-refractivity contribution >= 4 is 0 Å². The Kier molecular flexibility index (Phi) is 7.59. The van der Waals surface area contributed by atoms with Gasteiger partial charge in [0.05, 0.1) is 12.3 Å². The van der Waals surface area contributed by atoms with Crippen molar-refractivity contribution in [1.29, 1.82) is 0 Å². The molecule has 0 amide bonds. The van der Waals surface area contributed by atoms with Crippen LogP contribution in [0, 0.1) is 0 Å². The molecule has 0 aromatic carbocycles. The number of hydrogen-bond donors (Lipinski definition) is 1. The van der Waals surface area contributed by atoms with E-state index >= 15 is 0 Å². The van der Waals surface area contributed by atoms with Gasteiger partial charge in [-0.15, -0.1) is 0 Å². The molecule has 1 heterocycles. The number of ether oxygens (including phenoxy) is 2. The SMILES string of the molecule is COCCNCCN(C)Cc1cc(COC)on1. The summed E-state index contributed by atoms with van der Waals surface area (Å²) in [5.41, 5.74) is 0.932. The minimum Gasteiger partial charge on any atom is -0.383 e. The van der Waals surface area contributed by atoms with Gasteiger partial charge < -0.3 is 19.3 Å². The van der Waals surface area contributed by atoms with Gasteiger partial charge in [-0.3, -0.25) is 4.90 Å². The molecule has 1 aromatic rings. The Morgan fingerprint density at radius 2 is 2.17 bits per heavy atom. The normalized spacial score (nSPS) is 11.3. The largest absolute Gasteiger partial charge is 0.383 e. The number of nitrogens with one attached hydrogen (secondary N) is 1. The van der Waals surface area contributed by atoms with Crippen LogP contribution in [0.15, 0.2) is 10.6 Å². The maximum Gasteiger partial charge on any atom is 0.162 e. The summed E-state index contributed by atoms with van der Waals surface area (Å²) < 4.78 is 15.1. The first-order valence-electron chi connectivity index (χ1n) is 6.08. The van der Waals surface area contributed by atoms with Crippen LogP contribution in [-0.4, -0.2) is 57.6 Å². The van der Waals surface area contributed by atoms with Crippen molar-refractivity contribution in [3.63, 3.8) is 0 Å². The number of hydrogen-bond acceptors (Lipinski definition) is 6. The highest BCUT2D eigenvalue weighted by Crippen LogP contribution is 2.06. The van der Waals surface area contributed by atoms with Crippen molar-refractivity contribution in [2.24, 2.45) is 0 Å². The molecule has 0 radical (unpaired) electrons. The zero-order valence-electron chi connectivity index (χ0n) is 11.4. The molecule has 6 nitrogen and oxygen atoms in total. The minimum atomic E-state index is 0.468. The topological polar surface area (TPSA) is 59.8 Å². The number of aromatic nitrogens is 1. The second-order valence-electron chi connectivity index (χ2n) is 4.20. The third-order valence-corrected chi connectivity index (χ3v) is 2.48. The first kappa shape index (κ1) is 15.1. The van der Waals surface area contributed by atoms with Crippen molar-refractivity contribution < 1.29 is 14.0 Å². The quantitative estimate of drug-likeness (QED) is 0.616. The Morgan fingerprint density at radius 1 is 1.33 bits per heavy atom. The van der Waals surface area contributed by atoms with Gasteiger partial charge in [0.25, 0.3) is 0 Å². The molecule has 18 heavy (non-hydrogen) atoms. The summed E-state index contributed by atoms with van der Waals surface area (Å²) in [4.78, 5) is 2.19. The van der Waals surface area contributed by atoms with E-state index in [0.29, 0.717) is 6.61 Å². The van der Waals surface area contributed by atoms with Crippen LogP contribution in [0.3, 0.4) is 0 Å². The molecule has 6 heteroatoms. The van der Waals surface area contributed by atoms with Crippen LogP contribution >= 0.6 is 0 Å². The molecule has 104 valence electrons. The Labute approximate surface area is 108 Å². The molecule has 0 atom stereocenters. The van der Waals surface area contributed by atoms with Crippen LogP contribution in [0.2, 0.25) is 0 Å². The van der Waals surface area contributed by atoms with Crippen molar-refractivity contribution in [3.8, 4) is 0 Å². The van der Waals surface area contributed by atoms with Crippen molar-refractivity contribution in [2.75, 3.05) is 47.5 Å². The fourth-order valence-corrected chi connectivity index (χ4v) is 1.57. The Morgan fingerprint density at radius 3 is 2.89 bits per heavy atom. The molecule has 1 N–H and O–H groups in total. The molecule has 0 spiro atoms. The van der Waals surface area contributed by atoms with Gasteiger partial charge >= 0.3 is 0 Å². The van der Waals surface area contributed by atoms with E-state index < -0.39 is 0 Å². The van der Waals surface area contributed by atoms with Crippen LogP contribution < -0.4 is 5.32 Å². The zero-order valence-corrected chi connectivity index (χ0v) is 11.4. The maximum absolute atomic E-state index is 5.13. The summed E-state index contributed by atoms with van der Waals surface area (Å²) in [7, 11) is 5.40. The van der Waals surface area contributed by atoms with Gasteiger partial charge in [0.1, 0.15) is 6.61 Å². The van der Waals surface area contributed by atoms with Gasteiger partial charge in [0, 0.05) is 46.5 Å². The highest BCUT2D eigenvalue weighted by atomic mass is 16.5. The predicted molar refractivity (Wildman–Crippen MR) is 68.3 cm³/mol. The monoisotopic (exact) mass is 257 g/mol. The average molecular weight is 257 g/mol. The molecule has 0 saturated heterocycles. The molecule has 0 aliphatic rings. The summed E-state index contributed by atoms with van der Waals surface area (Å²) >= 11 is 0. The molecule has 0 fully saturated rings. The van der Waals surface area contributed by atoms with Gasteiger partial charge in [-0.1, -0.05) is 5.16 Å². The molecule has 0 aliphatic carbocycles. The van der Waals surface area contributed by atoms with Crippen LogP contribution in [-0.2, 0) is 22.6 Å². The molecule has 0 saturated carbocycles. The van der Waals surface area contributed by atoms with Crippen LogP contribution in [0.4, 0.5) is 0 Å². The summed E-state index contributed by atoms with van der Waals surface area (Å²) in [5, 5.41) is 7.29. The summed E-state index contributed by atoms with van der Waals surface area (Å²) in [5.74, 6) is 0.763. The van der Waals surface area contributed by atoms with Crippen molar-refractivity contribution in [3.05, 3.63) is 17.5 Å². The zero-order chi connectivity index (χ0) is 13.2. The number of rotatable bonds is 10. The molecule has 0 aliphatic heterocycles. The lowest BCUT2D eigenvalue weighted by molar-refractivity contribution is 0.155. The molecular weight excluding hydrogens is 234 g/mol. The minimum absolute atomic E-state index is 0.468. The molecule has 0 unspecified atom stereocenters.